The zero-order valence-corrected chi connectivity index (χ0v) is 16.3. The Morgan fingerprint density at radius 1 is 1.14 bits per heavy atom. The predicted octanol–water partition coefficient (Wildman–Crippen LogP) is 1.20. The summed E-state index contributed by atoms with van der Waals surface area (Å²) in [6, 6.07) is 7.97. The molecule has 12 heteroatoms. The minimum Gasteiger partial charge on any atom is -0.494 e. The number of nitrogens with zero attached hydrogens (tertiary/aromatic N) is 2. The molecular formula is C16H17FN4O5S2. The zero-order chi connectivity index (χ0) is 20.4. The van der Waals surface area contributed by atoms with E-state index in [2.05, 4.69) is 14.5 Å². The fourth-order valence-electron chi connectivity index (χ4n) is 2.42. The van der Waals surface area contributed by atoms with E-state index in [9.17, 15) is 21.2 Å². The highest BCUT2D eigenvalue weighted by Gasteiger charge is 2.18. The number of sulfonamides is 2. The molecule has 2 heterocycles. The predicted molar refractivity (Wildman–Crippen MR) is 101 cm³/mol. The lowest BCUT2D eigenvalue weighted by atomic mass is 10.3. The van der Waals surface area contributed by atoms with Gasteiger partial charge in [-0.25, -0.2) is 30.5 Å². The fraction of sp³-hybridized carbons (Fsp3) is 0.188. The van der Waals surface area contributed by atoms with E-state index in [1.54, 1.807) is 29.0 Å². The molecule has 150 valence electrons. The van der Waals surface area contributed by atoms with Gasteiger partial charge in [0.15, 0.2) is 11.6 Å². The lowest BCUT2D eigenvalue weighted by Gasteiger charge is -2.10. The smallest absolute Gasteiger partial charge is 0.240 e. The summed E-state index contributed by atoms with van der Waals surface area (Å²) in [5.41, 5.74) is 1.02. The van der Waals surface area contributed by atoms with Crippen LogP contribution in [0.1, 0.15) is 0 Å². The van der Waals surface area contributed by atoms with Crippen molar-refractivity contribution in [1.29, 1.82) is 0 Å². The first-order chi connectivity index (χ1) is 13.2. The van der Waals surface area contributed by atoms with Gasteiger partial charge in [0.1, 0.15) is 0 Å². The number of anilines is 1. The Labute approximate surface area is 161 Å². The van der Waals surface area contributed by atoms with Crippen LogP contribution in [0.2, 0.25) is 0 Å². The molecule has 0 aliphatic heterocycles. The average molecular weight is 428 g/mol. The Morgan fingerprint density at radius 2 is 1.93 bits per heavy atom. The SMILES string of the molecule is COc1ccc(S(=O)(=O)NCCS(=O)(=O)Nc2ccn3nccc3c2)cc1F. The summed E-state index contributed by atoms with van der Waals surface area (Å²) in [6.45, 7) is -0.389. The van der Waals surface area contributed by atoms with Crippen LogP contribution < -0.4 is 14.2 Å². The number of nitrogens with one attached hydrogen (secondary N) is 2. The Balaban J connectivity index is 1.63. The first-order valence-corrected chi connectivity index (χ1v) is 11.1. The van der Waals surface area contributed by atoms with Crippen molar-refractivity contribution >= 4 is 31.3 Å². The molecule has 0 saturated heterocycles. The van der Waals surface area contributed by atoms with Gasteiger partial charge >= 0.3 is 0 Å². The highest BCUT2D eigenvalue weighted by atomic mass is 32.2. The van der Waals surface area contributed by atoms with Crippen LogP contribution in [0.3, 0.4) is 0 Å². The van der Waals surface area contributed by atoms with Gasteiger partial charge in [-0.15, -0.1) is 0 Å². The van der Waals surface area contributed by atoms with Gasteiger partial charge < -0.3 is 4.74 Å². The molecule has 0 bridgehead atoms. The quantitative estimate of drug-likeness (QED) is 0.557. The molecule has 0 radical (unpaired) electrons. The van der Waals surface area contributed by atoms with E-state index >= 15 is 0 Å². The minimum atomic E-state index is -4.07. The van der Waals surface area contributed by atoms with Crippen molar-refractivity contribution in [1.82, 2.24) is 14.3 Å². The van der Waals surface area contributed by atoms with E-state index in [0.29, 0.717) is 11.2 Å². The first-order valence-electron chi connectivity index (χ1n) is 7.97. The van der Waals surface area contributed by atoms with Crippen molar-refractivity contribution in [3.63, 3.8) is 0 Å². The second-order valence-corrected chi connectivity index (χ2v) is 9.34. The van der Waals surface area contributed by atoms with E-state index in [4.69, 9.17) is 4.74 Å². The van der Waals surface area contributed by atoms with Gasteiger partial charge in [-0.1, -0.05) is 0 Å². The van der Waals surface area contributed by atoms with Gasteiger partial charge in [-0.3, -0.25) is 4.72 Å². The van der Waals surface area contributed by atoms with Crippen LogP contribution in [-0.2, 0) is 20.0 Å². The zero-order valence-electron chi connectivity index (χ0n) is 14.7. The summed E-state index contributed by atoms with van der Waals surface area (Å²) in [5.74, 6) is -1.44. The number of rotatable bonds is 8. The number of hydrogen-bond donors (Lipinski definition) is 2. The van der Waals surface area contributed by atoms with Crippen LogP contribution in [0.15, 0.2) is 53.7 Å². The highest BCUT2D eigenvalue weighted by Crippen LogP contribution is 2.20. The van der Waals surface area contributed by atoms with Gasteiger partial charge in [-0.2, -0.15) is 5.10 Å². The number of ether oxygens (including phenoxy) is 1. The van der Waals surface area contributed by atoms with Crippen molar-refractivity contribution in [2.24, 2.45) is 0 Å². The van der Waals surface area contributed by atoms with Crippen molar-refractivity contribution in [2.75, 3.05) is 24.1 Å². The third-order valence-electron chi connectivity index (χ3n) is 3.77. The molecule has 1 aromatic carbocycles. The number of pyridine rings is 1. The average Bonchev–Trinajstić information content (AvgIpc) is 3.08. The van der Waals surface area contributed by atoms with Crippen molar-refractivity contribution in [2.45, 2.75) is 4.90 Å². The summed E-state index contributed by atoms with van der Waals surface area (Å²) >= 11 is 0. The third-order valence-corrected chi connectivity index (χ3v) is 6.52. The normalized spacial score (nSPS) is 12.2. The summed E-state index contributed by atoms with van der Waals surface area (Å²) in [4.78, 5) is -0.331. The largest absolute Gasteiger partial charge is 0.494 e. The molecule has 2 N–H and O–H groups in total. The lowest BCUT2D eigenvalue weighted by molar-refractivity contribution is 0.385. The molecule has 0 fully saturated rings. The molecule has 0 aliphatic rings. The maximum atomic E-state index is 13.7. The molecule has 3 rings (SSSR count). The Hall–Kier alpha value is -2.70. The molecule has 28 heavy (non-hydrogen) atoms. The van der Waals surface area contributed by atoms with Crippen LogP contribution in [0, 0.1) is 5.82 Å². The second-order valence-electron chi connectivity index (χ2n) is 5.73. The van der Waals surface area contributed by atoms with E-state index in [1.165, 1.54) is 19.2 Å². The van der Waals surface area contributed by atoms with Crippen LogP contribution >= 0.6 is 0 Å². The fourth-order valence-corrected chi connectivity index (χ4v) is 4.56. The lowest BCUT2D eigenvalue weighted by Crippen LogP contribution is -2.31. The number of methoxy groups -OCH3 is 1. The van der Waals surface area contributed by atoms with Gasteiger partial charge in [0.2, 0.25) is 20.0 Å². The van der Waals surface area contributed by atoms with E-state index in [0.717, 1.165) is 12.1 Å². The molecule has 9 nitrogen and oxygen atoms in total. The van der Waals surface area contributed by atoms with Gasteiger partial charge in [0.25, 0.3) is 0 Å². The van der Waals surface area contributed by atoms with E-state index < -0.39 is 31.6 Å². The number of halogens is 1. The van der Waals surface area contributed by atoms with Gasteiger partial charge in [0, 0.05) is 18.9 Å². The molecule has 0 saturated carbocycles. The topological polar surface area (TPSA) is 119 Å². The first kappa shape index (κ1) is 20.0. The molecule has 0 aliphatic carbocycles. The molecular weight excluding hydrogens is 411 g/mol. The monoisotopic (exact) mass is 428 g/mol. The summed E-state index contributed by atoms with van der Waals surface area (Å²) in [5, 5.41) is 4.01. The van der Waals surface area contributed by atoms with Crippen LogP contribution in [-0.4, -0.2) is 45.9 Å². The highest BCUT2D eigenvalue weighted by molar-refractivity contribution is 7.92. The molecule has 0 amide bonds. The van der Waals surface area contributed by atoms with Crippen molar-refractivity contribution < 1.29 is 26.0 Å². The number of fused-ring (bicyclic) bond motifs is 1. The van der Waals surface area contributed by atoms with E-state index in [1.807, 2.05) is 0 Å². The minimum absolute atomic E-state index is 0.0964. The van der Waals surface area contributed by atoms with Crippen molar-refractivity contribution in [3.05, 3.63) is 54.6 Å². The maximum Gasteiger partial charge on any atom is 0.240 e. The maximum absolute atomic E-state index is 13.7. The van der Waals surface area contributed by atoms with Crippen LogP contribution in [0.5, 0.6) is 5.75 Å². The molecule has 0 atom stereocenters. The van der Waals surface area contributed by atoms with Crippen LogP contribution in [0.25, 0.3) is 5.52 Å². The second kappa shape index (κ2) is 7.73. The summed E-state index contributed by atoms with van der Waals surface area (Å²) in [7, 11) is -6.63. The molecule has 2 aromatic heterocycles. The molecule has 0 spiro atoms. The summed E-state index contributed by atoms with van der Waals surface area (Å²) in [6.07, 6.45) is 3.17. The third kappa shape index (κ3) is 4.58. The van der Waals surface area contributed by atoms with Gasteiger partial charge in [-0.05, 0) is 36.4 Å². The Morgan fingerprint density at radius 3 is 2.64 bits per heavy atom. The number of aromatic nitrogens is 2. The van der Waals surface area contributed by atoms with Gasteiger partial charge in [0.05, 0.1) is 29.0 Å². The molecule has 3 aromatic rings. The number of hydrogen-bond acceptors (Lipinski definition) is 6. The van der Waals surface area contributed by atoms with Crippen LogP contribution in [0.4, 0.5) is 10.1 Å². The molecule has 0 unspecified atom stereocenters. The van der Waals surface area contributed by atoms with E-state index in [-0.39, 0.29) is 17.2 Å². The standard InChI is InChI=1S/C16H17FN4O5S2/c1-26-16-3-2-14(11-15(16)17)28(24,25)19-7-9-27(22,23)20-12-5-8-21-13(10-12)4-6-18-21/h2-6,8,10-11,19-20H,7,9H2,1H3. The Bertz CT molecular complexity index is 1210. The van der Waals surface area contributed by atoms with Crippen molar-refractivity contribution in [3.8, 4) is 5.75 Å². The Kier molecular flexibility index (Phi) is 5.54. The number of benzene rings is 1. The summed E-state index contributed by atoms with van der Waals surface area (Å²) < 4.78 is 73.3.